The van der Waals surface area contributed by atoms with E-state index < -0.39 is 0 Å². The van der Waals surface area contributed by atoms with Crippen LogP contribution in [0, 0.1) is 0 Å². The van der Waals surface area contributed by atoms with Gasteiger partial charge in [-0.05, 0) is 30.3 Å². The molecule has 150 valence electrons. The van der Waals surface area contributed by atoms with Crippen molar-refractivity contribution in [1.29, 1.82) is 0 Å². The van der Waals surface area contributed by atoms with Gasteiger partial charge in [-0.15, -0.1) is 0 Å². The molecule has 0 saturated carbocycles. The number of aliphatic imine (C=N–C) groups is 1. The average Bonchev–Trinajstić information content (AvgIpc) is 3.10. The van der Waals surface area contributed by atoms with Gasteiger partial charge in [0, 0.05) is 61.8 Å². The number of ether oxygens (including phenoxy) is 1. The normalized spacial score (nSPS) is 14.6. The Labute approximate surface area is 171 Å². The van der Waals surface area contributed by atoms with Gasteiger partial charge in [0.1, 0.15) is 6.54 Å². The van der Waals surface area contributed by atoms with Gasteiger partial charge in [-0.3, -0.25) is 9.79 Å². The number of rotatable bonds is 5. The summed E-state index contributed by atoms with van der Waals surface area (Å²) in [5.41, 5.74) is 4.09. The molecule has 1 aromatic heterocycles. The van der Waals surface area contributed by atoms with Crippen LogP contribution >= 0.6 is 0 Å². The third-order valence-corrected chi connectivity index (χ3v) is 5.21. The first-order chi connectivity index (χ1) is 14.1. The summed E-state index contributed by atoms with van der Waals surface area (Å²) in [7, 11) is 4.04. The standard InChI is InChI=1S/C23H26N4O2/c1-25(2)20-9-7-19(8-10-20)24-15-18-16-27(22-6-4-3-5-21(18)22)17-23(28)26-11-13-29-14-12-26/h3-10,15-16H,11-14,17H2,1-2H3. The van der Waals surface area contributed by atoms with Crippen LogP contribution < -0.4 is 4.90 Å². The molecule has 2 heterocycles. The van der Waals surface area contributed by atoms with Gasteiger partial charge in [-0.1, -0.05) is 18.2 Å². The molecule has 2 aromatic carbocycles. The van der Waals surface area contributed by atoms with Gasteiger partial charge < -0.3 is 19.1 Å². The van der Waals surface area contributed by atoms with E-state index in [0.717, 1.165) is 27.8 Å². The lowest BCUT2D eigenvalue weighted by molar-refractivity contribution is -0.135. The van der Waals surface area contributed by atoms with Crippen LogP contribution in [-0.2, 0) is 16.1 Å². The molecule has 6 nitrogen and oxygen atoms in total. The molecule has 0 N–H and O–H groups in total. The Kier molecular flexibility index (Phi) is 5.62. The van der Waals surface area contributed by atoms with Crippen LogP contribution in [-0.4, -0.2) is 62.0 Å². The van der Waals surface area contributed by atoms with Crippen LogP contribution in [0.4, 0.5) is 11.4 Å². The maximum atomic E-state index is 12.7. The highest BCUT2D eigenvalue weighted by Gasteiger charge is 2.18. The summed E-state index contributed by atoms with van der Waals surface area (Å²) in [6.07, 6.45) is 3.89. The summed E-state index contributed by atoms with van der Waals surface area (Å²) in [6.45, 7) is 2.88. The second-order valence-corrected chi connectivity index (χ2v) is 7.39. The highest BCUT2D eigenvalue weighted by Crippen LogP contribution is 2.22. The van der Waals surface area contributed by atoms with Crippen LogP contribution in [0.15, 0.2) is 59.7 Å². The van der Waals surface area contributed by atoms with Crippen molar-refractivity contribution >= 4 is 34.4 Å². The molecule has 0 radical (unpaired) electrons. The zero-order valence-electron chi connectivity index (χ0n) is 16.9. The fraction of sp³-hybridized carbons (Fsp3) is 0.304. The van der Waals surface area contributed by atoms with Crippen LogP contribution in [0.5, 0.6) is 0 Å². The maximum Gasteiger partial charge on any atom is 0.242 e. The van der Waals surface area contributed by atoms with Gasteiger partial charge in [-0.25, -0.2) is 0 Å². The van der Waals surface area contributed by atoms with Crippen LogP contribution in [0.3, 0.4) is 0 Å². The van der Waals surface area contributed by atoms with E-state index in [4.69, 9.17) is 4.74 Å². The molecule has 1 aliphatic rings. The molecule has 1 fully saturated rings. The van der Waals surface area contributed by atoms with E-state index in [0.29, 0.717) is 32.8 Å². The number of carbonyl (C=O) groups excluding carboxylic acids is 1. The number of carbonyl (C=O) groups is 1. The number of fused-ring (bicyclic) bond motifs is 1. The highest BCUT2D eigenvalue weighted by atomic mass is 16.5. The number of para-hydroxylation sites is 1. The lowest BCUT2D eigenvalue weighted by Crippen LogP contribution is -2.42. The Hall–Kier alpha value is -3.12. The summed E-state index contributed by atoms with van der Waals surface area (Å²) in [6, 6.07) is 16.2. The molecule has 0 atom stereocenters. The van der Waals surface area contributed by atoms with Crippen molar-refractivity contribution in [2.75, 3.05) is 45.3 Å². The first kappa shape index (κ1) is 19.2. The van der Waals surface area contributed by atoms with E-state index in [1.807, 2.05) is 66.3 Å². The Bertz CT molecular complexity index is 1020. The largest absolute Gasteiger partial charge is 0.378 e. The first-order valence-electron chi connectivity index (χ1n) is 9.87. The second kappa shape index (κ2) is 8.49. The molecule has 4 rings (SSSR count). The molecule has 6 heteroatoms. The zero-order chi connectivity index (χ0) is 20.2. The SMILES string of the molecule is CN(C)c1ccc(N=Cc2cn(CC(=O)N3CCOCC3)c3ccccc23)cc1. The van der Waals surface area contributed by atoms with Gasteiger partial charge in [0.15, 0.2) is 0 Å². The van der Waals surface area contributed by atoms with Crippen molar-refractivity contribution < 1.29 is 9.53 Å². The first-order valence-corrected chi connectivity index (χ1v) is 9.87. The van der Waals surface area contributed by atoms with Crippen molar-refractivity contribution in [2.24, 2.45) is 4.99 Å². The Balaban J connectivity index is 1.57. The average molecular weight is 390 g/mol. The van der Waals surface area contributed by atoms with E-state index in [9.17, 15) is 4.79 Å². The smallest absolute Gasteiger partial charge is 0.242 e. The molecule has 0 aliphatic carbocycles. The van der Waals surface area contributed by atoms with Crippen LogP contribution in [0.25, 0.3) is 10.9 Å². The van der Waals surface area contributed by atoms with Gasteiger partial charge in [0.2, 0.25) is 5.91 Å². The van der Waals surface area contributed by atoms with Crippen LogP contribution in [0.1, 0.15) is 5.56 Å². The topological polar surface area (TPSA) is 50.1 Å². The number of morpholine rings is 1. The number of nitrogens with zero attached hydrogens (tertiary/aromatic N) is 4. The number of aromatic nitrogens is 1. The number of benzene rings is 2. The summed E-state index contributed by atoms with van der Waals surface area (Å²) in [4.78, 5) is 21.3. The molecular formula is C23H26N4O2. The number of hydrogen-bond acceptors (Lipinski definition) is 4. The molecule has 0 unspecified atom stereocenters. The van der Waals surface area contributed by atoms with Crippen molar-refractivity contribution in [3.05, 3.63) is 60.3 Å². The van der Waals surface area contributed by atoms with Gasteiger partial charge in [0.25, 0.3) is 0 Å². The molecule has 3 aromatic rings. The fourth-order valence-electron chi connectivity index (χ4n) is 3.55. The molecule has 1 saturated heterocycles. The van der Waals surface area contributed by atoms with E-state index in [1.165, 1.54) is 0 Å². The third-order valence-electron chi connectivity index (χ3n) is 5.21. The summed E-state index contributed by atoms with van der Waals surface area (Å²) in [5, 5.41) is 1.09. The lowest BCUT2D eigenvalue weighted by atomic mass is 10.2. The summed E-state index contributed by atoms with van der Waals surface area (Å²) in [5.74, 6) is 0.122. The van der Waals surface area contributed by atoms with E-state index in [2.05, 4.69) is 28.1 Å². The Morgan fingerprint density at radius 1 is 1.10 bits per heavy atom. The Morgan fingerprint density at radius 2 is 1.83 bits per heavy atom. The lowest BCUT2D eigenvalue weighted by Gasteiger charge is -2.27. The Morgan fingerprint density at radius 3 is 2.55 bits per heavy atom. The molecule has 1 aliphatic heterocycles. The summed E-state index contributed by atoms with van der Waals surface area (Å²) < 4.78 is 7.37. The van der Waals surface area contributed by atoms with Crippen molar-refractivity contribution in [2.45, 2.75) is 6.54 Å². The van der Waals surface area contributed by atoms with Crippen LogP contribution in [0.2, 0.25) is 0 Å². The molecule has 0 bridgehead atoms. The van der Waals surface area contributed by atoms with E-state index in [1.54, 1.807) is 0 Å². The maximum absolute atomic E-state index is 12.7. The minimum atomic E-state index is 0.122. The molecule has 29 heavy (non-hydrogen) atoms. The zero-order valence-corrected chi connectivity index (χ0v) is 16.9. The number of hydrogen-bond donors (Lipinski definition) is 0. The van der Waals surface area contributed by atoms with Crippen molar-refractivity contribution in [3.63, 3.8) is 0 Å². The minimum Gasteiger partial charge on any atom is -0.378 e. The summed E-state index contributed by atoms with van der Waals surface area (Å²) >= 11 is 0. The third kappa shape index (κ3) is 4.32. The van der Waals surface area contributed by atoms with Gasteiger partial charge in [-0.2, -0.15) is 0 Å². The fourth-order valence-corrected chi connectivity index (χ4v) is 3.55. The minimum absolute atomic E-state index is 0.122. The second-order valence-electron chi connectivity index (χ2n) is 7.39. The van der Waals surface area contributed by atoms with Crippen molar-refractivity contribution in [3.8, 4) is 0 Å². The highest BCUT2D eigenvalue weighted by molar-refractivity contribution is 6.00. The van der Waals surface area contributed by atoms with Gasteiger partial charge in [0.05, 0.1) is 18.9 Å². The van der Waals surface area contributed by atoms with E-state index >= 15 is 0 Å². The quantitative estimate of drug-likeness (QED) is 0.628. The number of amides is 1. The van der Waals surface area contributed by atoms with E-state index in [-0.39, 0.29) is 5.91 Å². The monoisotopic (exact) mass is 390 g/mol. The predicted molar refractivity (Wildman–Crippen MR) is 117 cm³/mol. The van der Waals surface area contributed by atoms with Crippen molar-refractivity contribution in [1.82, 2.24) is 9.47 Å². The predicted octanol–water partition coefficient (Wildman–Crippen LogP) is 3.32. The number of anilines is 1. The molecular weight excluding hydrogens is 364 g/mol. The van der Waals surface area contributed by atoms with Gasteiger partial charge >= 0.3 is 0 Å². The molecule has 1 amide bonds. The molecule has 0 spiro atoms.